The number of likely N-dealkylation sites (N-methyl/N-ethyl adjacent to an activating group) is 2. The van der Waals surface area contributed by atoms with Gasteiger partial charge in [-0.15, -0.1) is 0 Å². The smallest absolute Gasteiger partial charge is 0.274 e. The van der Waals surface area contributed by atoms with E-state index in [4.69, 9.17) is 11.6 Å². The third-order valence-electron chi connectivity index (χ3n) is 1.85. The van der Waals surface area contributed by atoms with Gasteiger partial charge in [-0.05, 0) is 0 Å². The molecule has 0 bridgehead atoms. The van der Waals surface area contributed by atoms with Crippen molar-refractivity contribution in [3.63, 3.8) is 0 Å². The molecule has 16 heavy (non-hydrogen) atoms. The lowest BCUT2D eigenvalue weighted by molar-refractivity contribution is -0.121. The summed E-state index contributed by atoms with van der Waals surface area (Å²) < 4.78 is 0. The van der Waals surface area contributed by atoms with Crippen molar-refractivity contribution < 1.29 is 9.59 Å². The normalized spacial score (nSPS) is 9.69. The van der Waals surface area contributed by atoms with E-state index in [1.54, 1.807) is 0 Å². The number of halogens is 1. The quantitative estimate of drug-likeness (QED) is 0.806. The van der Waals surface area contributed by atoms with Gasteiger partial charge in [-0.3, -0.25) is 9.59 Å². The SMILES string of the molecule is CNC(=O)CN(C)C(=O)c1cnc(Cl)cn1. The van der Waals surface area contributed by atoms with Crippen molar-refractivity contribution in [2.45, 2.75) is 0 Å². The molecule has 0 spiro atoms. The summed E-state index contributed by atoms with van der Waals surface area (Å²) in [5.74, 6) is -0.634. The van der Waals surface area contributed by atoms with E-state index in [2.05, 4.69) is 15.3 Å². The highest BCUT2D eigenvalue weighted by Crippen LogP contribution is 2.03. The lowest BCUT2D eigenvalue weighted by Crippen LogP contribution is -2.37. The minimum Gasteiger partial charge on any atom is -0.358 e. The van der Waals surface area contributed by atoms with Gasteiger partial charge < -0.3 is 10.2 Å². The van der Waals surface area contributed by atoms with Crippen LogP contribution in [0.5, 0.6) is 0 Å². The molecule has 0 aliphatic heterocycles. The van der Waals surface area contributed by atoms with E-state index in [0.717, 1.165) is 0 Å². The molecule has 0 aliphatic carbocycles. The average molecular weight is 243 g/mol. The first-order valence-corrected chi connectivity index (χ1v) is 4.86. The molecule has 0 atom stereocenters. The molecule has 86 valence electrons. The molecule has 0 aromatic carbocycles. The van der Waals surface area contributed by atoms with Crippen LogP contribution in [0.3, 0.4) is 0 Å². The second-order valence-electron chi connectivity index (χ2n) is 3.06. The van der Waals surface area contributed by atoms with Crippen LogP contribution in [0.4, 0.5) is 0 Å². The Bertz CT molecular complexity index is 393. The van der Waals surface area contributed by atoms with Gasteiger partial charge in [0, 0.05) is 14.1 Å². The summed E-state index contributed by atoms with van der Waals surface area (Å²) in [6, 6.07) is 0. The molecule has 0 radical (unpaired) electrons. The Balaban J connectivity index is 2.70. The van der Waals surface area contributed by atoms with Gasteiger partial charge in [-0.25, -0.2) is 9.97 Å². The number of nitrogens with zero attached hydrogens (tertiary/aromatic N) is 3. The first-order valence-electron chi connectivity index (χ1n) is 4.48. The largest absolute Gasteiger partial charge is 0.358 e. The Morgan fingerprint density at radius 1 is 1.44 bits per heavy atom. The highest BCUT2D eigenvalue weighted by atomic mass is 35.5. The van der Waals surface area contributed by atoms with Gasteiger partial charge in [0.1, 0.15) is 10.8 Å². The summed E-state index contributed by atoms with van der Waals surface area (Å²) in [6.07, 6.45) is 2.55. The van der Waals surface area contributed by atoms with Crippen molar-refractivity contribution >= 4 is 23.4 Å². The fraction of sp³-hybridized carbons (Fsp3) is 0.333. The molecule has 7 heteroatoms. The highest BCUT2D eigenvalue weighted by molar-refractivity contribution is 6.29. The summed E-state index contributed by atoms with van der Waals surface area (Å²) in [5, 5.41) is 2.63. The number of aromatic nitrogens is 2. The van der Waals surface area contributed by atoms with E-state index < -0.39 is 0 Å². The Labute approximate surface area is 97.6 Å². The maximum Gasteiger partial charge on any atom is 0.274 e. The monoisotopic (exact) mass is 242 g/mol. The summed E-state index contributed by atoms with van der Waals surface area (Å²) in [4.78, 5) is 31.6. The Kier molecular flexibility index (Phi) is 4.19. The van der Waals surface area contributed by atoms with Crippen LogP contribution in [-0.4, -0.2) is 47.3 Å². The number of nitrogens with one attached hydrogen (secondary N) is 1. The van der Waals surface area contributed by atoms with Gasteiger partial charge in [-0.1, -0.05) is 11.6 Å². The fourth-order valence-electron chi connectivity index (χ4n) is 0.985. The van der Waals surface area contributed by atoms with Crippen LogP contribution in [-0.2, 0) is 4.79 Å². The number of carbonyl (C=O) groups is 2. The van der Waals surface area contributed by atoms with Crippen LogP contribution in [0.15, 0.2) is 12.4 Å². The minimum atomic E-state index is -0.382. The number of hydrogen-bond acceptors (Lipinski definition) is 4. The topological polar surface area (TPSA) is 75.2 Å². The van der Waals surface area contributed by atoms with E-state index in [1.807, 2.05) is 0 Å². The Morgan fingerprint density at radius 2 is 2.12 bits per heavy atom. The van der Waals surface area contributed by atoms with E-state index in [1.165, 1.54) is 31.4 Å². The molecule has 0 unspecified atom stereocenters. The number of carbonyl (C=O) groups excluding carboxylic acids is 2. The molecule has 1 rings (SSSR count). The van der Waals surface area contributed by atoms with Crippen molar-refractivity contribution in [3.05, 3.63) is 23.2 Å². The summed E-state index contributed by atoms with van der Waals surface area (Å²) >= 11 is 5.54. The highest BCUT2D eigenvalue weighted by Gasteiger charge is 2.15. The van der Waals surface area contributed by atoms with Crippen LogP contribution in [0.2, 0.25) is 5.15 Å². The Morgan fingerprint density at radius 3 is 2.62 bits per heavy atom. The molecule has 0 saturated carbocycles. The molecular weight excluding hydrogens is 232 g/mol. The molecule has 1 N–H and O–H groups in total. The zero-order valence-corrected chi connectivity index (χ0v) is 9.65. The number of rotatable bonds is 3. The van der Waals surface area contributed by atoms with E-state index >= 15 is 0 Å². The minimum absolute atomic E-state index is 0.0281. The molecule has 1 heterocycles. The van der Waals surface area contributed by atoms with E-state index in [0.29, 0.717) is 0 Å². The van der Waals surface area contributed by atoms with Crippen molar-refractivity contribution in [1.82, 2.24) is 20.2 Å². The first kappa shape index (κ1) is 12.4. The van der Waals surface area contributed by atoms with E-state index in [-0.39, 0.29) is 29.2 Å². The van der Waals surface area contributed by atoms with Crippen LogP contribution in [0, 0.1) is 0 Å². The molecule has 1 aromatic heterocycles. The molecule has 0 fully saturated rings. The summed E-state index contributed by atoms with van der Waals surface area (Å²) in [6.45, 7) is -0.0281. The Hall–Kier alpha value is -1.69. The lowest BCUT2D eigenvalue weighted by atomic mass is 10.4. The van der Waals surface area contributed by atoms with Gasteiger partial charge in [0.15, 0.2) is 0 Å². The van der Waals surface area contributed by atoms with Crippen molar-refractivity contribution in [1.29, 1.82) is 0 Å². The zero-order valence-electron chi connectivity index (χ0n) is 8.90. The molecule has 2 amide bonds. The maximum absolute atomic E-state index is 11.7. The molecule has 1 aromatic rings. The summed E-state index contributed by atoms with van der Waals surface area (Å²) in [5.41, 5.74) is 0.149. The zero-order chi connectivity index (χ0) is 12.1. The van der Waals surface area contributed by atoms with Crippen LogP contribution < -0.4 is 5.32 Å². The van der Waals surface area contributed by atoms with E-state index in [9.17, 15) is 9.59 Å². The van der Waals surface area contributed by atoms with Gasteiger partial charge >= 0.3 is 0 Å². The molecule has 0 saturated heterocycles. The third-order valence-corrected chi connectivity index (χ3v) is 2.04. The second-order valence-corrected chi connectivity index (χ2v) is 3.45. The summed E-state index contributed by atoms with van der Waals surface area (Å²) in [7, 11) is 3.01. The lowest BCUT2D eigenvalue weighted by Gasteiger charge is -2.14. The van der Waals surface area contributed by atoms with Gasteiger partial charge in [0.25, 0.3) is 5.91 Å². The van der Waals surface area contributed by atoms with Crippen molar-refractivity contribution in [3.8, 4) is 0 Å². The van der Waals surface area contributed by atoms with Gasteiger partial charge in [0.2, 0.25) is 5.91 Å². The van der Waals surface area contributed by atoms with Gasteiger partial charge in [-0.2, -0.15) is 0 Å². The maximum atomic E-state index is 11.7. The predicted molar refractivity (Wildman–Crippen MR) is 58.1 cm³/mol. The van der Waals surface area contributed by atoms with Crippen LogP contribution in [0.25, 0.3) is 0 Å². The predicted octanol–water partition coefficient (Wildman–Crippen LogP) is -0.0520. The second kappa shape index (κ2) is 5.41. The molecule has 6 nitrogen and oxygen atoms in total. The number of hydrogen-bond donors (Lipinski definition) is 1. The molecule has 0 aliphatic rings. The first-order chi connectivity index (χ1) is 7.54. The molecular formula is C9H11ClN4O2. The average Bonchev–Trinajstić information content (AvgIpc) is 2.28. The van der Waals surface area contributed by atoms with Crippen LogP contribution >= 0.6 is 11.6 Å². The standard InChI is InChI=1S/C9H11ClN4O2/c1-11-8(15)5-14(2)9(16)6-3-13-7(10)4-12-6/h3-4H,5H2,1-2H3,(H,11,15). The van der Waals surface area contributed by atoms with Gasteiger partial charge in [0.05, 0.1) is 18.9 Å². The van der Waals surface area contributed by atoms with Crippen LogP contribution in [0.1, 0.15) is 10.5 Å². The third kappa shape index (κ3) is 3.16. The fourth-order valence-corrected chi connectivity index (χ4v) is 1.08. The number of amides is 2. The van der Waals surface area contributed by atoms with Crippen molar-refractivity contribution in [2.24, 2.45) is 0 Å². The van der Waals surface area contributed by atoms with Crippen molar-refractivity contribution in [2.75, 3.05) is 20.6 Å².